The van der Waals surface area contributed by atoms with Gasteiger partial charge in [-0.3, -0.25) is 4.79 Å². The van der Waals surface area contributed by atoms with Crippen molar-refractivity contribution in [2.24, 2.45) is 5.92 Å². The number of piperidine rings is 1. The molecule has 1 N–H and O–H groups in total. The molecule has 0 bridgehead atoms. The lowest BCUT2D eigenvalue weighted by atomic mass is 9.96. The van der Waals surface area contributed by atoms with E-state index in [1.807, 2.05) is 11.6 Å². The van der Waals surface area contributed by atoms with E-state index in [1.165, 1.54) is 11.1 Å². The highest BCUT2D eigenvalue weighted by Crippen LogP contribution is 2.35. The monoisotopic (exact) mass is 473 g/mol. The molecule has 1 aliphatic rings. The fourth-order valence-electron chi connectivity index (χ4n) is 4.89. The number of amides is 1. The number of rotatable bonds is 4. The van der Waals surface area contributed by atoms with Gasteiger partial charge in [-0.25, -0.2) is 4.68 Å². The van der Waals surface area contributed by atoms with E-state index in [0.717, 1.165) is 63.1 Å². The van der Waals surface area contributed by atoms with Gasteiger partial charge < -0.3 is 10.2 Å². The molecule has 0 spiro atoms. The van der Waals surface area contributed by atoms with E-state index in [4.69, 9.17) is 10.1 Å². The van der Waals surface area contributed by atoms with Crippen LogP contribution in [0.4, 0.5) is 10.8 Å². The molecule has 0 saturated carbocycles. The molecule has 7 heteroatoms. The number of anilines is 2. The van der Waals surface area contributed by atoms with Crippen LogP contribution in [0.5, 0.6) is 0 Å². The molecule has 3 heterocycles. The van der Waals surface area contributed by atoms with Gasteiger partial charge in [0.25, 0.3) is 0 Å². The fraction of sp³-hybridized carbons (Fsp3) is 0.370. The molecule has 0 aliphatic carbocycles. The van der Waals surface area contributed by atoms with Gasteiger partial charge in [-0.1, -0.05) is 46.7 Å². The summed E-state index contributed by atoms with van der Waals surface area (Å²) in [7, 11) is 0. The van der Waals surface area contributed by atoms with Crippen LogP contribution in [0.1, 0.15) is 40.8 Å². The van der Waals surface area contributed by atoms with Gasteiger partial charge >= 0.3 is 0 Å². The van der Waals surface area contributed by atoms with Crippen molar-refractivity contribution >= 4 is 38.4 Å². The van der Waals surface area contributed by atoms with Crippen LogP contribution in [0.15, 0.2) is 36.4 Å². The van der Waals surface area contributed by atoms with E-state index in [2.05, 4.69) is 74.3 Å². The highest BCUT2D eigenvalue weighted by molar-refractivity contribution is 7.22. The number of hydrogen-bond acceptors (Lipinski definition) is 5. The molecule has 6 nitrogen and oxygen atoms in total. The minimum absolute atomic E-state index is 0.0597. The molecule has 2 aromatic carbocycles. The number of nitrogens with zero attached hydrogens (tertiary/aromatic N) is 4. The Kier molecular flexibility index (Phi) is 5.90. The lowest BCUT2D eigenvalue weighted by Gasteiger charge is -2.32. The molecule has 34 heavy (non-hydrogen) atoms. The molecule has 1 atom stereocenters. The first-order chi connectivity index (χ1) is 16.3. The molecular weight excluding hydrogens is 442 g/mol. The Morgan fingerprint density at radius 3 is 2.44 bits per heavy atom. The van der Waals surface area contributed by atoms with Gasteiger partial charge in [0.2, 0.25) is 5.91 Å². The Labute approximate surface area is 204 Å². The van der Waals surface area contributed by atoms with Gasteiger partial charge in [-0.15, -0.1) is 0 Å². The fourth-order valence-corrected chi connectivity index (χ4v) is 5.91. The Morgan fingerprint density at radius 2 is 1.74 bits per heavy atom. The molecule has 2 aromatic heterocycles. The molecule has 0 radical (unpaired) electrons. The topological polar surface area (TPSA) is 63.1 Å². The van der Waals surface area contributed by atoms with Gasteiger partial charge in [0.05, 0.1) is 22.0 Å². The third-order valence-electron chi connectivity index (χ3n) is 6.64. The second-order valence-corrected chi connectivity index (χ2v) is 10.5. The zero-order chi connectivity index (χ0) is 24.0. The first kappa shape index (κ1) is 22.6. The largest absolute Gasteiger partial charge is 0.347 e. The number of aryl methyl sites for hydroxylation is 5. The van der Waals surface area contributed by atoms with E-state index in [1.54, 1.807) is 11.3 Å². The van der Waals surface area contributed by atoms with Crippen molar-refractivity contribution in [3.63, 3.8) is 0 Å². The SMILES string of the molecule is Cc1ccc(-n2nc(C)c3sc(N4CCC[C@@H](C(=O)Nc5c(C)cc(C)cc5C)C4)nc32)cc1. The summed E-state index contributed by atoms with van der Waals surface area (Å²) in [6.07, 6.45) is 1.87. The Bertz CT molecular complexity index is 1340. The molecule has 176 valence electrons. The predicted octanol–water partition coefficient (Wildman–Crippen LogP) is 5.88. The third-order valence-corrected chi connectivity index (χ3v) is 7.86. The summed E-state index contributed by atoms with van der Waals surface area (Å²) in [4.78, 5) is 20.5. The number of carbonyl (C=O) groups is 1. The number of fused-ring (bicyclic) bond motifs is 1. The number of nitrogens with one attached hydrogen (secondary N) is 1. The Balaban J connectivity index is 1.37. The number of hydrogen-bond donors (Lipinski definition) is 1. The second kappa shape index (κ2) is 8.87. The molecule has 1 amide bonds. The summed E-state index contributed by atoms with van der Waals surface area (Å²) in [6, 6.07) is 12.6. The highest BCUT2D eigenvalue weighted by atomic mass is 32.1. The lowest BCUT2D eigenvalue weighted by Crippen LogP contribution is -2.40. The van der Waals surface area contributed by atoms with Crippen LogP contribution < -0.4 is 10.2 Å². The van der Waals surface area contributed by atoms with Crippen molar-refractivity contribution in [1.82, 2.24) is 14.8 Å². The maximum absolute atomic E-state index is 13.2. The molecule has 1 saturated heterocycles. The van der Waals surface area contributed by atoms with E-state index in [-0.39, 0.29) is 11.8 Å². The summed E-state index contributed by atoms with van der Waals surface area (Å²) in [5.74, 6) is 0.0402. The van der Waals surface area contributed by atoms with Gasteiger partial charge in [-0.05, 0) is 70.7 Å². The normalized spacial score (nSPS) is 16.3. The molecule has 5 rings (SSSR count). The van der Waals surface area contributed by atoms with Gasteiger partial charge in [-0.2, -0.15) is 10.1 Å². The summed E-state index contributed by atoms with van der Waals surface area (Å²) < 4.78 is 3.04. The van der Waals surface area contributed by atoms with E-state index < -0.39 is 0 Å². The molecule has 1 fully saturated rings. The second-order valence-electron chi connectivity index (χ2n) is 9.53. The zero-order valence-corrected chi connectivity index (χ0v) is 21.3. The first-order valence-electron chi connectivity index (χ1n) is 11.9. The van der Waals surface area contributed by atoms with Gasteiger partial charge in [0.15, 0.2) is 10.8 Å². The molecule has 1 aliphatic heterocycles. The molecule has 0 unspecified atom stereocenters. The van der Waals surface area contributed by atoms with Crippen molar-refractivity contribution in [1.29, 1.82) is 0 Å². The van der Waals surface area contributed by atoms with E-state index >= 15 is 0 Å². The summed E-state index contributed by atoms with van der Waals surface area (Å²) >= 11 is 1.67. The van der Waals surface area contributed by atoms with Crippen molar-refractivity contribution in [2.45, 2.75) is 47.5 Å². The maximum atomic E-state index is 13.2. The summed E-state index contributed by atoms with van der Waals surface area (Å²) in [5, 5.41) is 8.92. The summed E-state index contributed by atoms with van der Waals surface area (Å²) in [5.41, 5.74) is 8.49. The van der Waals surface area contributed by atoms with Crippen LogP contribution in [0.25, 0.3) is 16.0 Å². The lowest BCUT2D eigenvalue weighted by molar-refractivity contribution is -0.120. The van der Waals surface area contributed by atoms with Crippen LogP contribution in [0.2, 0.25) is 0 Å². The predicted molar refractivity (Wildman–Crippen MR) is 140 cm³/mol. The summed E-state index contributed by atoms with van der Waals surface area (Å²) in [6.45, 7) is 11.9. The van der Waals surface area contributed by atoms with Gasteiger partial charge in [0, 0.05) is 18.8 Å². The average molecular weight is 474 g/mol. The smallest absolute Gasteiger partial charge is 0.229 e. The number of carbonyl (C=O) groups excluding carboxylic acids is 1. The van der Waals surface area contributed by atoms with Crippen molar-refractivity contribution in [2.75, 3.05) is 23.3 Å². The van der Waals surface area contributed by atoms with E-state index in [0.29, 0.717) is 6.54 Å². The third kappa shape index (κ3) is 4.20. The molecular formula is C27H31N5OS. The van der Waals surface area contributed by atoms with Crippen LogP contribution in [-0.2, 0) is 4.79 Å². The zero-order valence-electron chi connectivity index (χ0n) is 20.5. The van der Waals surface area contributed by atoms with Crippen LogP contribution >= 0.6 is 11.3 Å². The van der Waals surface area contributed by atoms with E-state index in [9.17, 15) is 4.79 Å². The number of aromatic nitrogens is 3. The Hall–Kier alpha value is -3.19. The van der Waals surface area contributed by atoms with Crippen LogP contribution in [0, 0.1) is 40.5 Å². The van der Waals surface area contributed by atoms with Crippen LogP contribution in [-0.4, -0.2) is 33.8 Å². The minimum atomic E-state index is -0.0597. The van der Waals surface area contributed by atoms with Crippen molar-refractivity contribution in [3.8, 4) is 5.69 Å². The van der Waals surface area contributed by atoms with Gasteiger partial charge in [0.1, 0.15) is 0 Å². The Morgan fingerprint density at radius 1 is 1.03 bits per heavy atom. The van der Waals surface area contributed by atoms with Crippen molar-refractivity contribution < 1.29 is 4.79 Å². The standard InChI is InChI=1S/C27H31N5OS/c1-16-8-10-22(11-9-16)32-25-24(20(5)30-32)34-27(29-25)31-12-6-7-21(15-31)26(33)28-23-18(3)13-17(2)14-19(23)4/h8-11,13-14,21H,6-7,12,15H2,1-5H3,(H,28,33)/t21-/m1/s1. The first-order valence-corrected chi connectivity index (χ1v) is 12.7. The molecule has 4 aromatic rings. The van der Waals surface area contributed by atoms with Crippen molar-refractivity contribution in [3.05, 3.63) is 64.3 Å². The number of thiazole rings is 1. The maximum Gasteiger partial charge on any atom is 0.229 e. The van der Waals surface area contributed by atoms with Crippen LogP contribution in [0.3, 0.4) is 0 Å². The quantitative estimate of drug-likeness (QED) is 0.402. The minimum Gasteiger partial charge on any atom is -0.347 e. The highest BCUT2D eigenvalue weighted by Gasteiger charge is 2.29. The average Bonchev–Trinajstić information content (AvgIpc) is 3.37. The number of benzene rings is 2.